The Balaban J connectivity index is 1.99. The van der Waals surface area contributed by atoms with Gasteiger partial charge >= 0.3 is 6.18 Å². The van der Waals surface area contributed by atoms with E-state index in [0.717, 1.165) is 0 Å². The van der Waals surface area contributed by atoms with Gasteiger partial charge < -0.3 is 9.84 Å². The zero-order valence-electron chi connectivity index (χ0n) is 12.6. The van der Waals surface area contributed by atoms with Gasteiger partial charge in [-0.2, -0.15) is 13.2 Å². The van der Waals surface area contributed by atoms with Crippen LogP contribution in [0.2, 0.25) is 0 Å². The van der Waals surface area contributed by atoms with E-state index in [9.17, 15) is 21.6 Å². The molecule has 2 rings (SSSR count). The fourth-order valence-corrected chi connectivity index (χ4v) is 3.40. The van der Waals surface area contributed by atoms with Crippen molar-refractivity contribution in [2.75, 3.05) is 32.7 Å². The van der Waals surface area contributed by atoms with Crippen molar-refractivity contribution in [3.63, 3.8) is 0 Å². The summed E-state index contributed by atoms with van der Waals surface area (Å²) in [7, 11) is -3.94. The first kappa shape index (κ1) is 18.2. The van der Waals surface area contributed by atoms with Crippen LogP contribution >= 0.6 is 0 Å². The first-order chi connectivity index (χ1) is 10.7. The average molecular weight is 356 g/mol. The van der Waals surface area contributed by atoms with Crippen LogP contribution in [0.15, 0.2) is 10.6 Å². The molecule has 2 N–H and O–H groups in total. The van der Waals surface area contributed by atoms with Gasteiger partial charge in [0.1, 0.15) is 11.8 Å². The lowest BCUT2D eigenvalue weighted by molar-refractivity contribution is -0.182. The standard InChI is InChI=1S/C12H19F3N4O3S/c1-9-6-10(22-18-9)8-23(20,21)17-7-11(12(13,14)15)19-4-2-16-3-5-19/h6,11,16-17H,2-5,7-8H2,1H3. The maximum atomic E-state index is 13.2. The molecular weight excluding hydrogens is 337 g/mol. The molecule has 1 aromatic rings. The number of nitrogens with zero attached hydrogens (tertiary/aromatic N) is 2. The molecule has 0 aliphatic carbocycles. The molecule has 2 heterocycles. The molecule has 0 radical (unpaired) electrons. The van der Waals surface area contributed by atoms with Crippen molar-refractivity contribution in [1.29, 1.82) is 0 Å². The van der Waals surface area contributed by atoms with Crippen LogP contribution in [0.5, 0.6) is 0 Å². The molecular formula is C12H19F3N4O3S. The van der Waals surface area contributed by atoms with E-state index in [1.54, 1.807) is 6.92 Å². The largest absolute Gasteiger partial charge is 0.405 e. The van der Waals surface area contributed by atoms with Crippen LogP contribution < -0.4 is 10.0 Å². The molecule has 1 atom stereocenters. The summed E-state index contributed by atoms with van der Waals surface area (Å²) in [5, 5.41) is 6.51. The molecule has 0 bridgehead atoms. The van der Waals surface area contributed by atoms with E-state index in [1.807, 2.05) is 4.72 Å². The second-order valence-corrected chi connectivity index (χ2v) is 7.19. The molecule has 1 fully saturated rings. The molecule has 0 spiro atoms. The Morgan fingerprint density at radius 1 is 1.43 bits per heavy atom. The van der Waals surface area contributed by atoms with Crippen LogP contribution in [0.25, 0.3) is 0 Å². The average Bonchev–Trinajstić information content (AvgIpc) is 2.83. The number of rotatable bonds is 6. The summed E-state index contributed by atoms with van der Waals surface area (Å²) in [6.07, 6.45) is -4.51. The van der Waals surface area contributed by atoms with Crippen molar-refractivity contribution in [1.82, 2.24) is 20.1 Å². The van der Waals surface area contributed by atoms with Crippen LogP contribution in [0, 0.1) is 6.92 Å². The monoisotopic (exact) mass is 356 g/mol. The third-order valence-corrected chi connectivity index (χ3v) is 4.75. The van der Waals surface area contributed by atoms with Gasteiger partial charge in [0.25, 0.3) is 0 Å². The second-order valence-electron chi connectivity index (χ2n) is 5.39. The van der Waals surface area contributed by atoms with E-state index in [2.05, 4.69) is 10.5 Å². The lowest BCUT2D eigenvalue weighted by Crippen LogP contribution is -2.57. The van der Waals surface area contributed by atoms with Gasteiger partial charge in [-0.25, -0.2) is 13.1 Å². The maximum Gasteiger partial charge on any atom is 0.405 e. The zero-order valence-corrected chi connectivity index (χ0v) is 13.4. The van der Waals surface area contributed by atoms with Crippen molar-refractivity contribution < 1.29 is 26.1 Å². The number of aryl methyl sites for hydroxylation is 1. The maximum absolute atomic E-state index is 13.2. The molecule has 0 amide bonds. The van der Waals surface area contributed by atoms with Crippen molar-refractivity contribution in [3.8, 4) is 0 Å². The lowest BCUT2D eigenvalue weighted by Gasteiger charge is -2.35. The number of piperazine rings is 1. The number of hydrogen-bond acceptors (Lipinski definition) is 6. The highest BCUT2D eigenvalue weighted by atomic mass is 32.2. The lowest BCUT2D eigenvalue weighted by atomic mass is 10.2. The van der Waals surface area contributed by atoms with Crippen LogP contribution in [-0.4, -0.2) is 63.4 Å². The predicted molar refractivity (Wildman–Crippen MR) is 76.2 cm³/mol. The third-order valence-electron chi connectivity index (χ3n) is 3.48. The number of alkyl halides is 3. The molecule has 1 aliphatic heterocycles. The summed E-state index contributed by atoms with van der Waals surface area (Å²) in [4.78, 5) is 1.23. The molecule has 1 saturated heterocycles. The second kappa shape index (κ2) is 7.16. The van der Waals surface area contributed by atoms with Gasteiger partial charge in [0.05, 0.1) is 5.69 Å². The first-order valence-electron chi connectivity index (χ1n) is 7.08. The van der Waals surface area contributed by atoms with Gasteiger partial charge in [-0.3, -0.25) is 4.90 Å². The van der Waals surface area contributed by atoms with E-state index in [4.69, 9.17) is 4.52 Å². The predicted octanol–water partition coefficient (Wildman–Crippen LogP) is 0.239. The summed E-state index contributed by atoms with van der Waals surface area (Å²) in [6.45, 7) is 2.21. The molecule has 11 heteroatoms. The van der Waals surface area contributed by atoms with Crippen molar-refractivity contribution in [2.24, 2.45) is 0 Å². The van der Waals surface area contributed by atoms with E-state index in [0.29, 0.717) is 18.8 Å². The SMILES string of the molecule is Cc1cc(CS(=O)(=O)NCC(N2CCNCC2)C(F)(F)F)on1. The summed E-state index contributed by atoms with van der Waals surface area (Å²) in [5.41, 5.74) is 0.504. The van der Waals surface area contributed by atoms with Crippen LogP contribution in [-0.2, 0) is 15.8 Å². The van der Waals surface area contributed by atoms with Gasteiger partial charge in [-0.1, -0.05) is 5.16 Å². The normalized spacial score (nSPS) is 19.0. The minimum atomic E-state index is -4.51. The summed E-state index contributed by atoms with van der Waals surface area (Å²) in [5.74, 6) is -0.458. The molecule has 132 valence electrons. The number of aromatic nitrogens is 1. The van der Waals surface area contributed by atoms with Gasteiger partial charge in [0.2, 0.25) is 10.0 Å². The third kappa shape index (κ3) is 5.44. The van der Waals surface area contributed by atoms with Gasteiger partial charge in [0.15, 0.2) is 5.76 Å². The Bertz CT molecular complexity index is 611. The highest BCUT2D eigenvalue weighted by molar-refractivity contribution is 7.88. The summed E-state index contributed by atoms with van der Waals surface area (Å²) < 4.78 is 70.2. The highest BCUT2D eigenvalue weighted by Crippen LogP contribution is 2.25. The van der Waals surface area contributed by atoms with Crippen LogP contribution in [0.4, 0.5) is 13.2 Å². The van der Waals surface area contributed by atoms with Crippen molar-refractivity contribution in [2.45, 2.75) is 24.9 Å². The minimum absolute atomic E-state index is 0.0840. The quantitative estimate of drug-likeness (QED) is 0.759. The Morgan fingerprint density at radius 2 is 2.09 bits per heavy atom. The molecule has 1 aromatic heterocycles. The van der Waals surface area contributed by atoms with E-state index >= 15 is 0 Å². The summed E-state index contributed by atoms with van der Waals surface area (Å²) >= 11 is 0. The zero-order chi connectivity index (χ0) is 17.1. The first-order valence-corrected chi connectivity index (χ1v) is 8.73. The molecule has 1 unspecified atom stereocenters. The smallest absolute Gasteiger partial charge is 0.360 e. The van der Waals surface area contributed by atoms with Crippen LogP contribution in [0.1, 0.15) is 11.5 Å². The molecule has 0 aromatic carbocycles. The topological polar surface area (TPSA) is 87.5 Å². The Morgan fingerprint density at radius 3 is 2.61 bits per heavy atom. The summed E-state index contributed by atoms with van der Waals surface area (Å²) in [6, 6.07) is -0.424. The van der Waals surface area contributed by atoms with Crippen LogP contribution in [0.3, 0.4) is 0 Å². The molecule has 1 aliphatic rings. The van der Waals surface area contributed by atoms with Crippen molar-refractivity contribution in [3.05, 3.63) is 17.5 Å². The van der Waals surface area contributed by atoms with Crippen molar-refractivity contribution >= 4 is 10.0 Å². The molecule has 23 heavy (non-hydrogen) atoms. The highest BCUT2D eigenvalue weighted by Gasteiger charge is 2.44. The van der Waals surface area contributed by atoms with Gasteiger partial charge in [-0.05, 0) is 6.92 Å². The molecule has 7 nitrogen and oxygen atoms in total. The fraction of sp³-hybridized carbons (Fsp3) is 0.750. The minimum Gasteiger partial charge on any atom is -0.360 e. The van der Waals surface area contributed by atoms with E-state index in [-0.39, 0.29) is 18.8 Å². The number of halogens is 3. The van der Waals surface area contributed by atoms with Gasteiger partial charge in [0, 0.05) is 38.8 Å². The fourth-order valence-electron chi connectivity index (χ4n) is 2.37. The number of hydrogen-bond donors (Lipinski definition) is 2. The Hall–Kier alpha value is -1.17. The Labute approximate surface area is 132 Å². The van der Waals surface area contributed by atoms with E-state index in [1.165, 1.54) is 11.0 Å². The number of nitrogens with one attached hydrogen (secondary N) is 2. The molecule has 0 saturated carbocycles. The number of sulfonamides is 1. The van der Waals surface area contributed by atoms with Gasteiger partial charge in [-0.15, -0.1) is 0 Å². The Kier molecular flexibility index (Phi) is 5.65. The van der Waals surface area contributed by atoms with E-state index < -0.39 is 34.5 Å².